The number of hydrogen-bond donors (Lipinski definition) is 2. The largest absolute Gasteiger partial charge is 0.460 e. The predicted octanol–water partition coefficient (Wildman–Crippen LogP) is 1.63. The van der Waals surface area contributed by atoms with Crippen LogP contribution in [0.1, 0.15) is 39.2 Å². The van der Waals surface area contributed by atoms with Gasteiger partial charge >= 0.3 is 12.0 Å². The van der Waals surface area contributed by atoms with Crippen LogP contribution in [0.5, 0.6) is 0 Å². The summed E-state index contributed by atoms with van der Waals surface area (Å²) in [5.74, 6) is -0.878. The zero-order valence-corrected chi connectivity index (χ0v) is 17.1. The fraction of sp³-hybridized carbons (Fsp3) is 0.524. The molecule has 0 saturated carbocycles. The number of rotatable bonds is 7. The first-order valence-corrected chi connectivity index (χ1v) is 9.72. The summed E-state index contributed by atoms with van der Waals surface area (Å²) in [6, 6.07) is 7.28. The van der Waals surface area contributed by atoms with Crippen molar-refractivity contribution in [2.75, 3.05) is 13.1 Å². The Kier molecular flexibility index (Phi) is 7.75. The molecule has 2 N–H and O–H groups in total. The van der Waals surface area contributed by atoms with Crippen LogP contribution in [-0.4, -0.2) is 54.3 Å². The van der Waals surface area contributed by atoms with Crippen molar-refractivity contribution >= 4 is 24.2 Å². The van der Waals surface area contributed by atoms with Crippen molar-refractivity contribution in [3.8, 4) is 0 Å². The van der Waals surface area contributed by atoms with E-state index in [1.807, 2.05) is 51.1 Å². The molecule has 8 nitrogen and oxygen atoms in total. The molecule has 0 spiro atoms. The van der Waals surface area contributed by atoms with Crippen molar-refractivity contribution in [3.63, 3.8) is 0 Å². The number of aldehydes is 1. The molecule has 1 aliphatic heterocycles. The molecule has 0 aliphatic carbocycles. The first-order chi connectivity index (χ1) is 13.7. The topological polar surface area (TPSA) is 105 Å². The monoisotopic (exact) mass is 403 g/mol. The highest BCUT2D eigenvalue weighted by molar-refractivity contribution is 5.90. The van der Waals surface area contributed by atoms with Gasteiger partial charge in [-0.3, -0.25) is 9.59 Å². The quantitative estimate of drug-likeness (QED) is 0.532. The second kappa shape index (κ2) is 10.0. The second-order valence-electron chi connectivity index (χ2n) is 8.15. The number of ether oxygens (including phenoxy) is 1. The van der Waals surface area contributed by atoms with E-state index in [1.165, 1.54) is 4.90 Å². The van der Waals surface area contributed by atoms with Crippen LogP contribution in [0.4, 0.5) is 4.79 Å². The van der Waals surface area contributed by atoms with E-state index in [2.05, 4.69) is 10.6 Å². The lowest BCUT2D eigenvalue weighted by atomic mass is 9.85. The Labute approximate surface area is 171 Å². The van der Waals surface area contributed by atoms with Crippen molar-refractivity contribution in [2.45, 2.75) is 52.3 Å². The zero-order valence-electron chi connectivity index (χ0n) is 17.1. The maximum absolute atomic E-state index is 12.9. The van der Waals surface area contributed by atoms with E-state index in [-0.39, 0.29) is 19.1 Å². The molecule has 1 aromatic rings. The first kappa shape index (κ1) is 22.4. The first-order valence-electron chi connectivity index (χ1n) is 9.72. The van der Waals surface area contributed by atoms with Crippen LogP contribution in [0.3, 0.4) is 0 Å². The van der Waals surface area contributed by atoms with Crippen LogP contribution < -0.4 is 10.6 Å². The molecule has 0 radical (unpaired) electrons. The molecular formula is C21H29N3O5. The number of likely N-dealkylation sites (tertiary alicyclic amines) is 1. The summed E-state index contributed by atoms with van der Waals surface area (Å²) in [6.07, 6.45) is 2.16. The minimum Gasteiger partial charge on any atom is -0.460 e. The number of hydrogen-bond acceptors (Lipinski definition) is 5. The predicted molar refractivity (Wildman–Crippen MR) is 107 cm³/mol. The summed E-state index contributed by atoms with van der Waals surface area (Å²) in [5, 5.41) is 5.07. The number of carbonyl (C=O) groups is 4. The summed E-state index contributed by atoms with van der Waals surface area (Å²) in [6.45, 7) is 5.78. The Morgan fingerprint density at radius 2 is 1.93 bits per heavy atom. The Balaban J connectivity index is 1.87. The third-order valence-corrected chi connectivity index (χ3v) is 4.76. The summed E-state index contributed by atoms with van der Waals surface area (Å²) in [7, 11) is 0. The molecule has 1 aromatic carbocycles. The SMILES string of the molecule is CC(C)(C)C(NC(=O)NCC(=O)OCc1ccccc1)C(=O)N1CCC[C@H]1C=O. The highest BCUT2D eigenvalue weighted by Gasteiger charge is 2.39. The van der Waals surface area contributed by atoms with Gasteiger partial charge < -0.3 is 25.1 Å². The second-order valence-corrected chi connectivity index (χ2v) is 8.15. The maximum Gasteiger partial charge on any atom is 0.325 e. The van der Waals surface area contributed by atoms with Crippen molar-refractivity contribution in [3.05, 3.63) is 35.9 Å². The molecule has 0 aromatic heterocycles. The normalized spacial score (nSPS) is 17.3. The van der Waals surface area contributed by atoms with E-state index in [1.54, 1.807) is 0 Å². The molecule has 0 bridgehead atoms. The van der Waals surface area contributed by atoms with Crippen LogP contribution in [-0.2, 0) is 25.7 Å². The number of amides is 3. The molecule has 2 atom stereocenters. The number of carbonyl (C=O) groups excluding carboxylic acids is 4. The fourth-order valence-corrected chi connectivity index (χ4v) is 3.15. The highest BCUT2D eigenvalue weighted by atomic mass is 16.5. The zero-order chi connectivity index (χ0) is 21.4. The third kappa shape index (κ3) is 6.58. The summed E-state index contributed by atoms with van der Waals surface area (Å²) >= 11 is 0. The molecule has 3 amide bonds. The van der Waals surface area contributed by atoms with Gasteiger partial charge in [0.25, 0.3) is 0 Å². The van der Waals surface area contributed by atoms with E-state index in [4.69, 9.17) is 4.74 Å². The molecule has 2 rings (SSSR count). The fourth-order valence-electron chi connectivity index (χ4n) is 3.15. The van der Waals surface area contributed by atoms with Gasteiger partial charge in [-0.1, -0.05) is 51.1 Å². The van der Waals surface area contributed by atoms with Crippen LogP contribution in [0.15, 0.2) is 30.3 Å². The summed E-state index contributed by atoms with van der Waals surface area (Å²) in [4.78, 5) is 49.8. The maximum atomic E-state index is 12.9. The van der Waals surface area contributed by atoms with Crippen molar-refractivity contribution in [1.82, 2.24) is 15.5 Å². The Bertz CT molecular complexity index is 730. The van der Waals surface area contributed by atoms with Gasteiger partial charge in [-0.2, -0.15) is 0 Å². The van der Waals surface area contributed by atoms with Gasteiger partial charge in [0.2, 0.25) is 5.91 Å². The molecule has 158 valence electrons. The molecule has 1 saturated heterocycles. The lowest BCUT2D eigenvalue weighted by Crippen LogP contribution is -2.58. The molecule has 1 aliphatic rings. The summed E-state index contributed by atoms with van der Waals surface area (Å²) in [5.41, 5.74) is 0.275. The number of nitrogens with zero attached hydrogens (tertiary/aromatic N) is 1. The standard InChI is InChI=1S/C21H29N3O5/c1-21(2,3)18(19(27)24-11-7-10-16(24)13-25)23-20(28)22-12-17(26)29-14-15-8-5-4-6-9-15/h4-6,8-9,13,16,18H,7,10-12,14H2,1-3H3,(H2,22,23,28)/t16-,18?/m0/s1. The van der Waals surface area contributed by atoms with Crippen LogP contribution in [0.2, 0.25) is 0 Å². The smallest absolute Gasteiger partial charge is 0.325 e. The van der Waals surface area contributed by atoms with E-state index < -0.39 is 29.5 Å². The Hall–Kier alpha value is -2.90. The minimum atomic E-state index is -0.830. The molecule has 1 heterocycles. The van der Waals surface area contributed by atoms with Crippen LogP contribution in [0, 0.1) is 5.41 Å². The average Bonchev–Trinajstić information content (AvgIpc) is 3.17. The Morgan fingerprint density at radius 1 is 1.24 bits per heavy atom. The summed E-state index contributed by atoms with van der Waals surface area (Å²) < 4.78 is 5.11. The van der Waals surface area contributed by atoms with E-state index in [9.17, 15) is 19.2 Å². The molecule has 1 unspecified atom stereocenters. The van der Waals surface area contributed by atoms with Gasteiger partial charge in [-0.15, -0.1) is 0 Å². The van der Waals surface area contributed by atoms with E-state index in [0.717, 1.165) is 18.3 Å². The van der Waals surface area contributed by atoms with Crippen LogP contribution >= 0.6 is 0 Å². The molecule has 8 heteroatoms. The van der Waals surface area contributed by atoms with Crippen molar-refractivity contribution < 1.29 is 23.9 Å². The van der Waals surface area contributed by atoms with Crippen molar-refractivity contribution in [2.24, 2.45) is 5.41 Å². The number of urea groups is 1. The van der Waals surface area contributed by atoms with Gasteiger partial charge in [0.1, 0.15) is 25.5 Å². The highest BCUT2D eigenvalue weighted by Crippen LogP contribution is 2.25. The lowest BCUT2D eigenvalue weighted by molar-refractivity contribution is -0.143. The van der Waals surface area contributed by atoms with Gasteiger partial charge in [-0.05, 0) is 23.8 Å². The number of esters is 1. The average molecular weight is 403 g/mol. The molecule has 29 heavy (non-hydrogen) atoms. The third-order valence-electron chi connectivity index (χ3n) is 4.76. The van der Waals surface area contributed by atoms with Crippen LogP contribution in [0.25, 0.3) is 0 Å². The molecule has 1 fully saturated rings. The van der Waals surface area contributed by atoms with E-state index in [0.29, 0.717) is 13.0 Å². The molecular weight excluding hydrogens is 374 g/mol. The van der Waals surface area contributed by atoms with Gasteiger partial charge in [0.15, 0.2) is 0 Å². The van der Waals surface area contributed by atoms with Gasteiger partial charge in [-0.25, -0.2) is 4.79 Å². The Morgan fingerprint density at radius 3 is 2.55 bits per heavy atom. The van der Waals surface area contributed by atoms with Crippen molar-refractivity contribution in [1.29, 1.82) is 0 Å². The van der Waals surface area contributed by atoms with E-state index >= 15 is 0 Å². The number of benzene rings is 1. The van der Waals surface area contributed by atoms with Gasteiger partial charge in [0.05, 0.1) is 6.04 Å². The number of nitrogens with one attached hydrogen (secondary N) is 2. The lowest BCUT2D eigenvalue weighted by Gasteiger charge is -2.34. The minimum absolute atomic E-state index is 0.119. The van der Waals surface area contributed by atoms with Gasteiger partial charge in [0, 0.05) is 6.54 Å².